The van der Waals surface area contributed by atoms with Crippen molar-refractivity contribution in [2.24, 2.45) is 0 Å². The molecule has 7 aliphatic rings. The van der Waals surface area contributed by atoms with Crippen molar-refractivity contribution in [2.75, 3.05) is 0 Å². The first-order valence-electron chi connectivity index (χ1n) is 9.07. The molecule has 6 bridgehead atoms. The first kappa shape index (κ1) is 19.3. The molecular formula is C22H12F8. The third-order valence-electron chi connectivity index (χ3n) is 6.08. The predicted octanol–water partition coefficient (Wildman–Crippen LogP) is 7.07. The van der Waals surface area contributed by atoms with Crippen LogP contribution in [0.15, 0.2) is 60.7 Å². The van der Waals surface area contributed by atoms with Crippen LogP contribution in [0.25, 0.3) is 0 Å². The minimum atomic E-state index is -4.76. The Balaban J connectivity index is 1.93. The summed E-state index contributed by atoms with van der Waals surface area (Å²) in [6.07, 6.45) is 5.68. The Hall–Kier alpha value is -2.64. The molecule has 0 N–H and O–H groups in total. The standard InChI is InChI=1S/C22H12F8/c23-19(24)13-5-7-14(8-6-13)20(25,26)22(29,30)16-10-9-15(21(19,27)28)17-11-1-2-12(4-3-11)18(16)17/h1-12H. The molecule has 0 radical (unpaired) electrons. The molecule has 0 aliphatic heterocycles. The SMILES string of the molecule is FC1(F)c2ccc(cc2)C(F)(F)C(F)(F)c2ccc(c3c2C2C=CC3C=C2)C1(F)F. The van der Waals surface area contributed by atoms with Gasteiger partial charge in [0.05, 0.1) is 0 Å². The molecule has 0 atom stereocenters. The summed E-state index contributed by atoms with van der Waals surface area (Å²) in [5.41, 5.74) is -5.67. The van der Waals surface area contributed by atoms with Crippen molar-refractivity contribution in [1.82, 2.24) is 0 Å². The van der Waals surface area contributed by atoms with Gasteiger partial charge in [0.2, 0.25) is 0 Å². The van der Waals surface area contributed by atoms with Gasteiger partial charge in [0, 0.05) is 34.1 Å². The zero-order chi connectivity index (χ0) is 21.7. The van der Waals surface area contributed by atoms with Gasteiger partial charge in [0.1, 0.15) is 0 Å². The predicted molar refractivity (Wildman–Crippen MR) is 92.2 cm³/mol. The van der Waals surface area contributed by atoms with Crippen molar-refractivity contribution in [1.29, 1.82) is 0 Å². The maximum absolute atomic E-state index is 15.2. The van der Waals surface area contributed by atoms with E-state index >= 15 is 17.6 Å². The lowest BCUT2D eigenvalue weighted by Crippen LogP contribution is -2.41. The third-order valence-corrected chi connectivity index (χ3v) is 6.08. The van der Waals surface area contributed by atoms with Crippen LogP contribution in [0, 0.1) is 0 Å². The lowest BCUT2D eigenvalue weighted by atomic mass is 9.69. The number of benzene rings is 2. The fourth-order valence-corrected chi connectivity index (χ4v) is 4.48. The molecule has 0 aromatic heterocycles. The molecule has 0 spiro atoms. The van der Waals surface area contributed by atoms with E-state index in [-0.39, 0.29) is 0 Å². The van der Waals surface area contributed by atoms with Crippen molar-refractivity contribution in [3.63, 3.8) is 0 Å². The highest BCUT2D eigenvalue weighted by Crippen LogP contribution is 2.59. The van der Waals surface area contributed by atoms with Crippen LogP contribution >= 0.6 is 0 Å². The van der Waals surface area contributed by atoms with Gasteiger partial charge >= 0.3 is 23.7 Å². The molecule has 8 heteroatoms. The highest BCUT2D eigenvalue weighted by atomic mass is 19.3. The fourth-order valence-electron chi connectivity index (χ4n) is 4.48. The zero-order valence-corrected chi connectivity index (χ0v) is 15.0. The van der Waals surface area contributed by atoms with Crippen LogP contribution in [0.1, 0.15) is 45.2 Å². The first-order valence-corrected chi connectivity index (χ1v) is 9.07. The second-order valence-electron chi connectivity index (χ2n) is 7.68. The van der Waals surface area contributed by atoms with Crippen LogP contribution in [-0.4, -0.2) is 0 Å². The monoisotopic (exact) mass is 428 g/mol. The summed E-state index contributed by atoms with van der Waals surface area (Å²) in [5, 5.41) is 0. The number of allylic oxidation sites excluding steroid dienone is 4. The van der Waals surface area contributed by atoms with Crippen LogP contribution in [0.5, 0.6) is 0 Å². The van der Waals surface area contributed by atoms with Gasteiger partial charge in [-0.3, -0.25) is 0 Å². The summed E-state index contributed by atoms with van der Waals surface area (Å²) in [6.45, 7) is 0. The average Bonchev–Trinajstić information content (AvgIpc) is 2.73. The van der Waals surface area contributed by atoms with E-state index in [2.05, 4.69) is 0 Å². The van der Waals surface area contributed by atoms with Crippen molar-refractivity contribution in [3.8, 4) is 0 Å². The Bertz CT molecular complexity index is 1010. The molecule has 0 fully saturated rings. The van der Waals surface area contributed by atoms with Crippen molar-refractivity contribution < 1.29 is 35.1 Å². The molecule has 0 nitrogen and oxygen atoms in total. The molecule has 0 saturated carbocycles. The summed E-state index contributed by atoms with van der Waals surface area (Å²) >= 11 is 0. The number of hydrogen-bond acceptors (Lipinski definition) is 0. The molecule has 9 rings (SSSR count). The van der Waals surface area contributed by atoms with E-state index in [1.165, 1.54) is 24.3 Å². The number of rotatable bonds is 0. The van der Waals surface area contributed by atoms with Crippen LogP contribution in [0.3, 0.4) is 0 Å². The highest BCUT2D eigenvalue weighted by molar-refractivity contribution is 5.60. The topological polar surface area (TPSA) is 0 Å². The molecule has 0 amide bonds. The van der Waals surface area contributed by atoms with Gasteiger partial charge in [0.15, 0.2) is 0 Å². The molecule has 0 heterocycles. The molecular weight excluding hydrogens is 416 g/mol. The van der Waals surface area contributed by atoms with E-state index in [0.29, 0.717) is 36.4 Å². The van der Waals surface area contributed by atoms with Gasteiger partial charge in [-0.2, -0.15) is 35.1 Å². The van der Waals surface area contributed by atoms with E-state index in [1.807, 2.05) is 0 Å². The molecule has 7 aliphatic carbocycles. The fraction of sp³-hybridized carbons (Fsp3) is 0.273. The Morgan fingerprint density at radius 3 is 1.03 bits per heavy atom. The van der Waals surface area contributed by atoms with Gasteiger partial charge in [0.25, 0.3) is 0 Å². The van der Waals surface area contributed by atoms with E-state index in [9.17, 15) is 17.6 Å². The summed E-state index contributed by atoms with van der Waals surface area (Å²) in [6, 6.07) is 2.25. The smallest absolute Gasteiger partial charge is 0.194 e. The molecule has 30 heavy (non-hydrogen) atoms. The largest absolute Gasteiger partial charge is 0.340 e. The molecule has 2 aromatic carbocycles. The third kappa shape index (κ3) is 2.11. The van der Waals surface area contributed by atoms with Crippen LogP contribution in [0.4, 0.5) is 35.1 Å². The van der Waals surface area contributed by atoms with Crippen molar-refractivity contribution in [2.45, 2.75) is 35.5 Å². The molecule has 2 aromatic rings. The van der Waals surface area contributed by atoms with E-state index in [1.54, 1.807) is 0 Å². The Labute approximate surface area is 165 Å². The van der Waals surface area contributed by atoms with Crippen LogP contribution in [0.2, 0.25) is 0 Å². The van der Waals surface area contributed by atoms with Gasteiger partial charge in [-0.1, -0.05) is 60.7 Å². The molecule has 0 saturated heterocycles. The van der Waals surface area contributed by atoms with Gasteiger partial charge in [-0.05, 0) is 11.1 Å². The van der Waals surface area contributed by atoms with Gasteiger partial charge in [-0.15, -0.1) is 0 Å². The summed E-state index contributed by atoms with van der Waals surface area (Å²) < 4.78 is 120. The van der Waals surface area contributed by atoms with Crippen LogP contribution < -0.4 is 0 Å². The lowest BCUT2D eigenvalue weighted by Gasteiger charge is -2.39. The summed E-state index contributed by atoms with van der Waals surface area (Å²) in [5.74, 6) is -21.0. The van der Waals surface area contributed by atoms with Gasteiger partial charge < -0.3 is 0 Å². The zero-order valence-electron chi connectivity index (χ0n) is 15.0. The maximum Gasteiger partial charge on any atom is 0.340 e. The van der Waals surface area contributed by atoms with E-state index in [4.69, 9.17) is 0 Å². The van der Waals surface area contributed by atoms with E-state index < -0.39 is 68.9 Å². The summed E-state index contributed by atoms with van der Waals surface area (Å²) in [4.78, 5) is 0. The Morgan fingerprint density at radius 1 is 0.433 bits per heavy atom. The Kier molecular flexibility index (Phi) is 3.56. The van der Waals surface area contributed by atoms with Crippen LogP contribution in [-0.2, 0) is 23.7 Å². The highest BCUT2D eigenvalue weighted by Gasteiger charge is 2.64. The molecule has 0 unspecified atom stereocenters. The normalized spacial score (nSPS) is 28.1. The Morgan fingerprint density at radius 2 is 0.733 bits per heavy atom. The van der Waals surface area contributed by atoms with Gasteiger partial charge in [-0.25, -0.2) is 0 Å². The maximum atomic E-state index is 15.2. The second kappa shape index (κ2) is 5.53. The summed E-state index contributed by atoms with van der Waals surface area (Å²) in [7, 11) is 0. The van der Waals surface area contributed by atoms with Crippen molar-refractivity contribution in [3.05, 3.63) is 94.1 Å². The first-order chi connectivity index (χ1) is 13.9. The second-order valence-corrected chi connectivity index (χ2v) is 7.68. The van der Waals surface area contributed by atoms with E-state index in [0.717, 1.165) is 0 Å². The minimum absolute atomic E-state index is 0.347. The quantitative estimate of drug-likeness (QED) is 0.311. The lowest BCUT2D eigenvalue weighted by molar-refractivity contribution is -0.228. The number of hydrogen-bond donors (Lipinski definition) is 0. The number of alkyl halides is 8. The van der Waals surface area contributed by atoms with Crippen molar-refractivity contribution >= 4 is 0 Å². The minimum Gasteiger partial charge on any atom is -0.194 e. The average molecular weight is 428 g/mol. The molecule has 156 valence electrons. The number of halogens is 8.